The van der Waals surface area contributed by atoms with Crippen LogP contribution in [0.4, 0.5) is 0 Å². The minimum absolute atomic E-state index is 0.136. The highest BCUT2D eigenvalue weighted by Gasteiger charge is 2.28. The third-order valence-corrected chi connectivity index (χ3v) is 4.20. The second-order valence-corrected chi connectivity index (χ2v) is 6.37. The molecule has 0 aromatic rings. The van der Waals surface area contributed by atoms with E-state index in [2.05, 4.69) is 28.6 Å². The Morgan fingerprint density at radius 1 is 1.07 bits per heavy atom. The maximum absolute atomic E-state index is 12.2. The van der Waals surface area contributed by atoms with Crippen molar-refractivity contribution >= 4 is 42.2 Å². The molecule has 8 N–H and O–H groups in total. The molecule has 0 spiro atoms. The Balaban J connectivity index is 4.83. The predicted molar refractivity (Wildman–Crippen MR) is 99.6 cm³/mol. The number of carboxylic acids is 1. The van der Waals surface area contributed by atoms with Gasteiger partial charge in [-0.05, 0) is 5.92 Å². The summed E-state index contributed by atoms with van der Waals surface area (Å²) in [4.78, 5) is 58.0. The number of carboxylic acid groups (broad SMARTS) is 1. The van der Waals surface area contributed by atoms with Crippen LogP contribution in [-0.4, -0.2) is 65.1 Å². The van der Waals surface area contributed by atoms with Crippen LogP contribution >= 0.6 is 12.6 Å². The van der Waals surface area contributed by atoms with E-state index in [1.54, 1.807) is 6.92 Å². The molecule has 0 heterocycles. The molecule has 0 saturated heterocycles. The van der Waals surface area contributed by atoms with Crippen molar-refractivity contribution in [3.63, 3.8) is 0 Å². The molecule has 0 aliphatic rings. The Labute approximate surface area is 162 Å². The highest BCUT2D eigenvalue weighted by Crippen LogP contribution is 2.06. The summed E-state index contributed by atoms with van der Waals surface area (Å²) in [5, 5.41) is 15.5. The molecule has 154 valence electrons. The van der Waals surface area contributed by atoms with Crippen LogP contribution in [0.1, 0.15) is 26.7 Å². The molecule has 11 nitrogen and oxygen atoms in total. The number of hydrogen-bond acceptors (Lipinski definition) is 7. The molecular weight excluding hydrogens is 378 g/mol. The van der Waals surface area contributed by atoms with E-state index in [0.29, 0.717) is 6.42 Å². The number of rotatable bonds is 12. The van der Waals surface area contributed by atoms with Crippen molar-refractivity contribution in [2.75, 3.05) is 12.3 Å². The second kappa shape index (κ2) is 12.1. The van der Waals surface area contributed by atoms with Crippen molar-refractivity contribution in [1.82, 2.24) is 16.0 Å². The first-order chi connectivity index (χ1) is 12.5. The minimum Gasteiger partial charge on any atom is -0.480 e. The topological polar surface area (TPSA) is 194 Å². The van der Waals surface area contributed by atoms with Crippen LogP contribution in [0.2, 0.25) is 0 Å². The lowest BCUT2D eigenvalue weighted by atomic mass is 9.99. The molecule has 0 aromatic carbocycles. The number of hydrogen-bond donors (Lipinski definition) is 7. The Bertz CT molecular complexity index is 573. The van der Waals surface area contributed by atoms with Gasteiger partial charge in [0.15, 0.2) is 0 Å². The van der Waals surface area contributed by atoms with Gasteiger partial charge < -0.3 is 32.5 Å². The van der Waals surface area contributed by atoms with E-state index < -0.39 is 60.7 Å². The third-order valence-electron chi connectivity index (χ3n) is 3.84. The zero-order valence-electron chi connectivity index (χ0n) is 15.2. The Kier molecular flexibility index (Phi) is 11.1. The van der Waals surface area contributed by atoms with E-state index in [1.165, 1.54) is 0 Å². The van der Waals surface area contributed by atoms with Gasteiger partial charge in [-0.3, -0.25) is 19.2 Å². The molecule has 0 fully saturated rings. The number of amides is 4. The fourth-order valence-electron chi connectivity index (χ4n) is 1.91. The summed E-state index contributed by atoms with van der Waals surface area (Å²) in [6.45, 7) is 3.05. The average Bonchev–Trinajstić information content (AvgIpc) is 2.61. The van der Waals surface area contributed by atoms with Crippen molar-refractivity contribution in [2.45, 2.75) is 44.8 Å². The quantitative estimate of drug-likeness (QED) is 0.172. The van der Waals surface area contributed by atoms with Crippen molar-refractivity contribution in [1.29, 1.82) is 0 Å². The highest BCUT2D eigenvalue weighted by molar-refractivity contribution is 7.80. The van der Waals surface area contributed by atoms with Crippen LogP contribution < -0.4 is 27.4 Å². The van der Waals surface area contributed by atoms with Crippen LogP contribution in [0.25, 0.3) is 0 Å². The fraction of sp³-hybridized carbons (Fsp3) is 0.667. The van der Waals surface area contributed by atoms with Gasteiger partial charge in [-0.1, -0.05) is 20.3 Å². The van der Waals surface area contributed by atoms with Crippen LogP contribution in [-0.2, 0) is 24.0 Å². The van der Waals surface area contributed by atoms with E-state index in [0.717, 1.165) is 0 Å². The first kappa shape index (κ1) is 24.7. The molecule has 0 aliphatic heterocycles. The van der Waals surface area contributed by atoms with E-state index in [1.807, 2.05) is 6.92 Å². The summed E-state index contributed by atoms with van der Waals surface area (Å²) in [7, 11) is 0. The van der Waals surface area contributed by atoms with Crippen LogP contribution in [0, 0.1) is 5.92 Å². The molecular formula is C15H27N5O6S. The number of primary amides is 1. The molecule has 0 aromatic heterocycles. The van der Waals surface area contributed by atoms with Gasteiger partial charge in [-0.2, -0.15) is 12.6 Å². The maximum atomic E-state index is 12.2. The summed E-state index contributed by atoms with van der Waals surface area (Å²) in [6.07, 6.45) is 0.151. The molecule has 0 aliphatic carbocycles. The van der Waals surface area contributed by atoms with Crippen molar-refractivity contribution in [2.24, 2.45) is 17.4 Å². The number of nitrogens with two attached hydrogens (primary N) is 2. The van der Waals surface area contributed by atoms with Gasteiger partial charge in [-0.25, -0.2) is 4.79 Å². The second-order valence-electron chi connectivity index (χ2n) is 6.00. The van der Waals surface area contributed by atoms with Gasteiger partial charge in [0.05, 0.1) is 19.0 Å². The summed E-state index contributed by atoms with van der Waals surface area (Å²) in [5.41, 5.74) is 10.9. The highest BCUT2D eigenvalue weighted by atomic mass is 32.1. The molecule has 0 bridgehead atoms. The first-order valence-electron chi connectivity index (χ1n) is 8.28. The smallest absolute Gasteiger partial charge is 0.327 e. The zero-order valence-corrected chi connectivity index (χ0v) is 16.1. The van der Waals surface area contributed by atoms with Gasteiger partial charge >= 0.3 is 5.97 Å². The van der Waals surface area contributed by atoms with Crippen molar-refractivity contribution < 1.29 is 29.1 Å². The number of carbonyl (C=O) groups is 5. The molecule has 4 atom stereocenters. The summed E-state index contributed by atoms with van der Waals surface area (Å²) in [6, 6.07) is -3.40. The van der Waals surface area contributed by atoms with Crippen LogP contribution in [0.5, 0.6) is 0 Å². The molecule has 4 amide bonds. The summed E-state index contributed by atoms with van der Waals surface area (Å²) < 4.78 is 0. The number of aliphatic carboxylic acids is 1. The Morgan fingerprint density at radius 3 is 2.11 bits per heavy atom. The van der Waals surface area contributed by atoms with E-state index in [9.17, 15) is 24.0 Å². The molecule has 0 saturated carbocycles. The molecule has 4 unspecified atom stereocenters. The lowest BCUT2D eigenvalue weighted by Gasteiger charge is -2.22. The maximum Gasteiger partial charge on any atom is 0.327 e. The molecule has 27 heavy (non-hydrogen) atoms. The minimum atomic E-state index is -1.31. The number of carbonyl (C=O) groups excluding carboxylic acids is 4. The van der Waals surface area contributed by atoms with Gasteiger partial charge in [0.2, 0.25) is 23.6 Å². The standard InChI is InChI=1S/C15H27N5O6S/c1-3-7(2)12(17)14(24)20-8(4-10(16)21)13(23)18-5-11(22)19-9(6-27)15(25)26/h7-9,12,27H,3-6,17H2,1-2H3,(H2,16,21)(H,18,23)(H,19,22)(H,20,24)(H,25,26). The summed E-state index contributed by atoms with van der Waals surface area (Å²) in [5.74, 6) is -4.63. The Hall–Kier alpha value is -2.34. The van der Waals surface area contributed by atoms with Crippen molar-refractivity contribution in [3.8, 4) is 0 Å². The van der Waals surface area contributed by atoms with Crippen molar-refractivity contribution in [3.05, 3.63) is 0 Å². The average molecular weight is 405 g/mol. The largest absolute Gasteiger partial charge is 0.480 e. The first-order valence-corrected chi connectivity index (χ1v) is 8.91. The van der Waals surface area contributed by atoms with Crippen LogP contribution in [0.3, 0.4) is 0 Å². The SMILES string of the molecule is CCC(C)C(N)C(=O)NC(CC(N)=O)C(=O)NCC(=O)NC(CS)C(=O)O. The van der Waals surface area contributed by atoms with Crippen LogP contribution in [0.15, 0.2) is 0 Å². The molecule has 12 heteroatoms. The van der Waals surface area contributed by atoms with E-state index in [-0.39, 0.29) is 11.7 Å². The van der Waals surface area contributed by atoms with Gasteiger partial charge in [0.1, 0.15) is 12.1 Å². The van der Waals surface area contributed by atoms with E-state index in [4.69, 9.17) is 16.6 Å². The lowest BCUT2D eigenvalue weighted by molar-refractivity contribution is -0.141. The van der Waals surface area contributed by atoms with Gasteiger partial charge in [0.25, 0.3) is 0 Å². The van der Waals surface area contributed by atoms with E-state index >= 15 is 0 Å². The number of thiol groups is 1. The summed E-state index contributed by atoms with van der Waals surface area (Å²) >= 11 is 3.80. The van der Waals surface area contributed by atoms with Gasteiger partial charge in [0, 0.05) is 5.75 Å². The number of nitrogens with one attached hydrogen (secondary N) is 3. The fourth-order valence-corrected chi connectivity index (χ4v) is 2.16. The Morgan fingerprint density at radius 2 is 1.67 bits per heavy atom. The zero-order chi connectivity index (χ0) is 21.1. The lowest BCUT2D eigenvalue weighted by Crippen LogP contribution is -2.55. The van der Waals surface area contributed by atoms with Gasteiger partial charge in [-0.15, -0.1) is 0 Å². The molecule has 0 rings (SSSR count). The molecule has 0 radical (unpaired) electrons. The normalized spacial score (nSPS) is 15.0. The monoisotopic (exact) mass is 405 g/mol. The third kappa shape index (κ3) is 9.24. The predicted octanol–water partition coefficient (Wildman–Crippen LogP) is -2.66.